The molecule has 0 spiro atoms. The zero-order chi connectivity index (χ0) is 20.9. The van der Waals surface area contributed by atoms with Gasteiger partial charge >= 0.3 is 5.97 Å². The SMILES string of the molecule is O=CCCC(=O)NOC(=O)CCCCCNc1ccc([N+](=O)[O-])cc1[N+](=O)[O-]. The Hall–Kier alpha value is -3.57. The Morgan fingerprint density at radius 2 is 1.82 bits per heavy atom. The molecule has 0 saturated heterocycles. The maximum atomic E-state index is 11.4. The van der Waals surface area contributed by atoms with Gasteiger partial charge in [-0.05, 0) is 18.9 Å². The first-order valence-corrected chi connectivity index (χ1v) is 8.44. The number of carbonyl (C=O) groups is 3. The Kier molecular flexibility index (Phi) is 9.58. The molecule has 0 aliphatic heterocycles. The molecule has 0 aromatic heterocycles. The number of nitrogens with zero attached hydrogens (tertiary/aromatic N) is 2. The summed E-state index contributed by atoms with van der Waals surface area (Å²) in [6.07, 6.45) is 2.33. The number of unbranched alkanes of at least 4 members (excludes halogenated alkanes) is 2. The maximum Gasteiger partial charge on any atom is 0.332 e. The number of aldehydes is 1. The molecule has 0 heterocycles. The average Bonchev–Trinajstić information content (AvgIpc) is 2.67. The van der Waals surface area contributed by atoms with Crippen molar-refractivity contribution < 1.29 is 29.1 Å². The van der Waals surface area contributed by atoms with Crippen LogP contribution in [-0.4, -0.2) is 34.6 Å². The van der Waals surface area contributed by atoms with Crippen LogP contribution in [0.4, 0.5) is 17.1 Å². The second-order valence-corrected chi connectivity index (χ2v) is 5.66. The zero-order valence-corrected chi connectivity index (χ0v) is 14.9. The topological polar surface area (TPSA) is 171 Å². The predicted molar refractivity (Wildman–Crippen MR) is 96.2 cm³/mol. The van der Waals surface area contributed by atoms with Gasteiger partial charge in [-0.25, -0.2) is 4.79 Å². The third-order valence-electron chi connectivity index (χ3n) is 3.53. The van der Waals surface area contributed by atoms with E-state index >= 15 is 0 Å². The molecule has 12 nitrogen and oxygen atoms in total. The fourth-order valence-corrected chi connectivity index (χ4v) is 2.13. The number of nitro groups is 2. The van der Waals surface area contributed by atoms with Gasteiger partial charge in [-0.3, -0.25) is 25.0 Å². The van der Waals surface area contributed by atoms with Gasteiger partial charge in [0.05, 0.1) is 15.9 Å². The van der Waals surface area contributed by atoms with Crippen LogP contribution in [0.25, 0.3) is 0 Å². The van der Waals surface area contributed by atoms with Crippen LogP contribution in [0, 0.1) is 20.2 Å². The van der Waals surface area contributed by atoms with Crippen LogP contribution in [0.1, 0.15) is 38.5 Å². The summed E-state index contributed by atoms with van der Waals surface area (Å²) in [6.45, 7) is 0.371. The van der Waals surface area contributed by atoms with Gasteiger partial charge in [0.2, 0.25) is 0 Å². The number of hydrogen-bond donors (Lipinski definition) is 2. The second kappa shape index (κ2) is 11.9. The molecule has 1 aromatic rings. The molecule has 152 valence electrons. The molecule has 0 radical (unpaired) electrons. The Labute approximate surface area is 159 Å². The first-order valence-electron chi connectivity index (χ1n) is 8.44. The minimum atomic E-state index is -0.708. The number of nitro benzene ring substituents is 2. The van der Waals surface area contributed by atoms with E-state index in [9.17, 15) is 34.6 Å². The molecular formula is C16H20N4O8. The minimum absolute atomic E-state index is 0.0449. The van der Waals surface area contributed by atoms with Crippen LogP contribution in [0.15, 0.2) is 18.2 Å². The van der Waals surface area contributed by atoms with Gasteiger partial charge in [0.15, 0.2) is 0 Å². The molecule has 1 rings (SSSR count). The van der Waals surface area contributed by atoms with Crippen molar-refractivity contribution in [3.8, 4) is 0 Å². The standard InChI is InChI=1S/C16H20N4O8/c21-10-4-5-15(22)18-28-16(23)6-2-1-3-9-17-13-8-7-12(19(24)25)11-14(13)20(26)27/h7-8,10-11,17H,1-6,9H2,(H,18,22). The second-order valence-electron chi connectivity index (χ2n) is 5.66. The van der Waals surface area contributed by atoms with E-state index in [-0.39, 0.29) is 36.3 Å². The lowest BCUT2D eigenvalue weighted by Crippen LogP contribution is -2.26. The fraction of sp³-hybridized carbons (Fsp3) is 0.438. The lowest BCUT2D eigenvalue weighted by Gasteiger charge is -2.07. The molecule has 0 aliphatic carbocycles. The molecule has 1 amide bonds. The molecule has 0 aliphatic rings. The maximum absolute atomic E-state index is 11.4. The third kappa shape index (κ3) is 8.21. The van der Waals surface area contributed by atoms with E-state index in [0.29, 0.717) is 32.1 Å². The zero-order valence-electron chi connectivity index (χ0n) is 14.9. The number of non-ortho nitro benzene ring substituents is 1. The van der Waals surface area contributed by atoms with E-state index in [1.165, 1.54) is 12.1 Å². The van der Waals surface area contributed by atoms with Crippen LogP contribution < -0.4 is 10.8 Å². The van der Waals surface area contributed by atoms with Gasteiger partial charge in [-0.15, -0.1) is 0 Å². The van der Waals surface area contributed by atoms with Crippen molar-refractivity contribution in [2.75, 3.05) is 11.9 Å². The average molecular weight is 396 g/mol. The summed E-state index contributed by atoms with van der Waals surface area (Å²) in [6, 6.07) is 3.34. The number of carbonyl (C=O) groups excluding carboxylic acids is 3. The number of benzene rings is 1. The highest BCUT2D eigenvalue weighted by atomic mass is 16.7. The monoisotopic (exact) mass is 396 g/mol. The molecule has 0 atom stereocenters. The third-order valence-corrected chi connectivity index (χ3v) is 3.53. The summed E-state index contributed by atoms with van der Waals surface area (Å²) in [5, 5.41) is 24.6. The highest BCUT2D eigenvalue weighted by molar-refractivity contribution is 5.79. The van der Waals surface area contributed by atoms with Gasteiger partial charge in [0.1, 0.15) is 12.0 Å². The van der Waals surface area contributed by atoms with E-state index < -0.39 is 21.7 Å². The predicted octanol–water partition coefficient (Wildman–Crippen LogP) is 2.03. The van der Waals surface area contributed by atoms with Crippen molar-refractivity contribution in [2.45, 2.75) is 38.5 Å². The molecule has 2 N–H and O–H groups in total. The van der Waals surface area contributed by atoms with Crippen molar-refractivity contribution in [3.63, 3.8) is 0 Å². The summed E-state index contributed by atoms with van der Waals surface area (Å²) in [5.41, 5.74) is 1.37. The molecular weight excluding hydrogens is 376 g/mol. The number of hydroxylamine groups is 1. The highest BCUT2D eigenvalue weighted by Crippen LogP contribution is 2.28. The van der Waals surface area contributed by atoms with Gasteiger partial charge in [-0.1, -0.05) is 6.42 Å². The summed E-state index contributed by atoms with van der Waals surface area (Å²) < 4.78 is 0. The van der Waals surface area contributed by atoms with Gasteiger partial charge in [-0.2, -0.15) is 5.48 Å². The summed E-state index contributed by atoms with van der Waals surface area (Å²) >= 11 is 0. The Morgan fingerprint density at radius 1 is 1.07 bits per heavy atom. The Bertz CT molecular complexity index is 737. The first-order chi connectivity index (χ1) is 13.3. The van der Waals surface area contributed by atoms with E-state index in [1.54, 1.807) is 0 Å². The smallest absolute Gasteiger partial charge is 0.332 e. The largest absolute Gasteiger partial charge is 0.379 e. The summed E-state index contributed by atoms with van der Waals surface area (Å²) in [4.78, 5) is 57.5. The Morgan fingerprint density at radius 3 is 2.46 bits per heavy atom. The molecule has 0 bridgehead atoms. The molecule has 12 heteroatoms. The van der Waals surface area contributed by atoms with Crippen molar-refractivity contribution in [2.24, 2.45) is 0 Å². The molecule has 28 heavy (non-hydrogen) atoms. The van der Waals surface area contributed by atoms with Gasteiger partial charge in [0, 0.05) is 31.9 Å². The normalized spacial score (nSPS) is 10.0. The van der Waals surface area contributed by atoms with Gasteiger partial charge < -0.3 is 14.9 Å². The molecule has 0 fully saturated rings. The molecule has 0 unspecified atom stereocenters. The van der Waals surface area contributed by atoms with Crippen LogP contribution in [0.5, 0.6) is 0 Å². The van der Waals surface area contributed by atoms with Gasteiger partial charge in [0.25, 0.3) is 17.3 Å². The number of amides is 1. The molecule has 1 aromatic carbocycles. The van der Waals surface area contributed by atoms with Crippen molar-refractivity contribution in [1.82, 2.24) is 5.48 Å². The highest BCUT2D eigenvalue weighted by Gasteiger charge is 2.19. The fourth-order valence-electron chi connectivity index (χ4n) is 2.13. The minimum Gasteiger partial charge on any atom is -0.379 e. The van der Waals surface area contributed by atoms with E-state index in [0.717, 1.165) is 6.07 Å². The van der Waals surface area contributed by atoms with E-state index in [2.05, 4.69) is 10.2 Å². The molecule has 0 saturated carbocycles. The van der Waals surface area contributed by atoms with Crippen LogP contribution in [0.3, 0.4) is 0 Å². The van der Waals surface area contributed by atoms with E-state index in [1.807, 2.05) is 5.48 Å². The number of nitrogens with one attached hydrogen (secondary N) is 2. The number of rotatable bonds is 12. The number of hydrogen-bond acceptors (Lipinski definition) is 9. The number of anilines is 1. The van der Waals surface area contributed by atoms with Crippen LogP contribution in [-0.2, 0) is 19.2 Å². The summed E-state index contributed by atoms with van der Waals surface area (Å²) in [5.74, 6) is -1.17. The van der Waals surface area contributed by atoms with Crippen LogP contribution >= 0.6 is 0 Å². The lowest BCUT2D eigenvalue weighted by atomic mass is 10.2. The summed E-state index contributed by atoms with van der Waals surface area (Å²) in [7, 11) is 0. The van der Waals surface area contributed by atoms with Crippen molar-refractivity contribution in [1.29, 1.82) is 0 Å². The Balaban J connectivity index is 2.28. The van der Waals surface area contributed by atoms with Crippen molar-refractivity contribution >= 4 is 35.2 Å². The first kappa shape index (κ1) is 22.5. The quantitative estimate of drug-likeness (QED) is 0.232. The van der Waals surface area contributed by atoms with Crippen molar-refractivity contribution in [3.05, 3.63) is 38.4 Å². The van der Waals surface area contributed by atoms with Crippen LogP contribution in [0.2, 0.25) is 0 Å². The lowest BCUT2D eigenvalue weighted by molar-refractivity contribution is -0.393. The van der Waals surface area contributed by atoms with E-state index in [4.69, 9.17) is 0 Å².